The van der Waals surface area contributed by atoms with Crippen molar-refractivity contribution in [1.82, 2.24) is 9.80 Å². The van der Waals surface area contributed by atoms with E-state index in [4.69, 9.17) is 0 Å². The van der Waals surface area contributed by atoms with Crippen LogP contribution in [-0.4, -0.2) is 49.4 Å². The molecule has 0 N–H and O–H groups in total. The summed E-state index contributed by atoms with van der Waals surface area (Å²) in [5, 5.41) is 0. The first-order valence-electron chi connectivity index (χ1n) is 5.42. The first-order chi connectivity index (χ1) is 6.49. The van der Waals surface area contributed by atoms with Gasteiger partial charge in [-0.2, -0.15) is 0 Å². The van der Waals surface area contributed by atoms with Crippen LogP contribution in [0, 0.1) is 5.92 Å². The zero-order valence-electron chi connectivity index (χ0n) is 10.2. The van der Waals surface area contributed by atoms with E-state index in [2.05, 4.69) is 11.8 Å². The molecule has 0 saturated heterocycles. The number of carbonyl (C=O) groups is 1. The fourth-order valence-electron chi connectivity index (χ4n) is 1.29. The van der Waals surface area contributed by atoms with E-state index >= 15 is 0 Å². The second kappa shape index (κ2) is 6.82. The van der Waals surface area contributed by atoms with Crippen LogP contribution in [0.4, 0.5) is 0 Å². The minimum Gasteiger partial charge on any atom is -0.341 e. The van der Waals surface area contributed by atoms with Gasteiger partial charge in [0.15, 0.2) is 0 Å². The van der Waals surface area contributed by atoms with E-state index in [0.29, 0.717) is 0 Å². The molecule has 0 aliphatic heterocycles. The SMILES string of the molecule is CCCN(CCN(C)C)C(=O)C(C)C. The molecule has 0 aromatic carbocycles. The average Bonchev–Trinajstić information content (AvgIpc) is 2.10. The summed E-state index contributed by atoms with van der Waals surface area (Å²) in [6.07, 6.45) is 1.03. The molecular weight excluding hydrogens is 176 g/mol. The van der Waals surface area contributed by atoms with E-state index < -0.39 is 0 Å². The van der Waals surface area contributed by atoms with Gasteiger partial charge in [-0.25, -0.2) is 0 Å². The lowest BCUT2D eigenvalue weighted by Gasteiger charge is -2.25. The maximum absolute atomic E-state index is 11.8. The molecule has 14 heavy (non-hydrogen) atoms. The van der Waals surface area contributed by atoms with Gasteiger partial charge in [0.25, 0.3) is 0 Å². The van der Waals surface area contributed by atoms with Gasteiger partial charge in [0.1, 0.15) is 0 Å². The molecule has 0 radical (unpaired) electrons. The highest BCUT2D eigenvalue weighted by Gasteiger charge is 2.15. The van der Waals surface area contributed by atoms with Crippen LogP contribution in [0.3, 0.4) is 0 Å². The van der Waals surface area contributed by atoms with Gasteiger partial charge in [-0.15, -0.1) is 0 Å². The average molecular weight is 200 g/mol. The summed E-state index contributed by atoms with van der Waals surface area (Å²) in [6.45, 7) is 8.69. The molecule has 0 aliphatic carbocycles. The number of hydrogen-bond acceptors (Lipinski definition) is 2. The lowest BCUT2D eigenvalue weighted by Crippen LogP contribution is -2.39. The van der Waals surface area contributed by atoms with Crippen LogP contribution in [-0.2, 0) is 4.79 Å². The van der Waals surface area contributed by atoms with E-state index in [-0.39, 0.29) is 11.8 Å². The minimum atomic E-state index is 0.115. The third kappa shape index (κ3) is 5.22. The molecule has 0 aromatic rings. The molecule has 0 rings (SSSR count). The van der Waals surface area contributed by atoms with Gasteiger partial charge >= 0.3 is 0 Å². The summed E-state index contributed by atoms with van der Waals surface area (Å²) in [7, 11) is 4.06. The van der Waals surface area contributed by atoms with E-state index in [0.717, 1.165) is 26.1 Å². The van der Waals surface area contributed by atoms with Gasteiger partial charge in [-0.1, -0.05) is 20.8 Å². The van der Waals surface area contributed by atoms with Gasteiger partial charge in [0, 0.05) is 25.6 Å². The Hall–Kier alpha value is -0.570. The van der Waals surface area contributed by atoms with Gasteiger partial charge in [-0.3, -0.25) is 4.79 Å². The Morgan fingerprint density at radius 3 is 2.07 bits per heavy atom. The van der Waals surface area contributed by atoms with Crippen molar-refractivity contribution in [3.63, 3.8) is 0 Å². The van der Waals surface area contributed by atoms with Crippen LogP contribution >= 0.6 is 0 Å². The van der Waals surface area contributed by atoms with Crippen LogP contribution in [0.15, 0.2) is 0 Å². The molecule has 3 heteroatoms. The van der Waals surface area contributed by atoms with Gasteiger partial charge in [0.2, 0.25) is 5.91 Å². The Bertz CT molecular complexity index is 167. The molecule has 0 atom stereocenters. The van der Waals surface area contributed by atoms with E-state index in [9.17, 15) is 4.79 Å². The third-order valence-electron chi connectivity index (χ3n) is 2.12. The number of nitrogens with zero attached hydrogens (tertiary/aromatic N) is 2. The number of rotatable bonds is 6. The molecule has 0 aromatic heterocycles. The van der Waals surface area contributed by atoms with Crippen molar-refractivity contribution >= 4 is 5.91 Å². The van der Waals surface area contributed by atoms with Crippen LogP contribution < -0.4 is 0 Å². The minimum absolute atomic E-state index is 0.115. The molecule has 0 saturated carbocycles. The largest absolute Gasteiger partial charge is 0.341 e. The molecule has 0 fully saturated rings. The predicted octanol–water partition coefficient (Wildman–Crippen LogP) is 1.44. The zero-order chi connectivity index (χ0) is 11.1. The Kier molecular flexibility index (Phi) is 6.54. The van der Waals surface area contributed by atoms with Crippen molar-refractivity contribution in [3.05, 3.63) is 0 Å². The molecule has 0 heterocycles. The Morgan fingerprint density at radius 2 is 1.71 bits per heavy atom. The highest BCUT2D eigenvalue weighted by molar-refractivity contribution is 5.78. The standard InChI is InChI=1S/C11H24N2O/c1-6-7-13(9-8-12(4)5)11(14)10(2)3/h10H,6-9H2,1-5H3. The second-order valence-corrected chi connectivity index (χ2v) is 4.28. The highest BCUT2D eigenvalue weighted by atomic mass is 16.2. The fraction of sp³-hybridized carbons (Fsp3) is 0.909. The molecule has 84 valence electrons. The molecule has 0 spiro atoms. The summed E-state index contributed by atoms with van der Waals surface area (Å²) in [5.74, 6) is 0.386. The Labute approximate surface area is 88.1 Å². The topological polar surface area (TPSA) is 23.6 Å². The molecule has 3 nitrogen and oxygen atoms in total. The van der Waals surface area contributed by atoms with Crippen molar-refractivity contribution in [2.75, 3.05) is 33.7 Å². The van der Waals surface area contributed by atoms with E-state index in [1.807, 2.05) is 32.8 Å². The number of hydrogen-bond donors (Lipinski definition) is 0. The van der Waals surface area contributed by atoms with E-state index in [1.54, 1.807) is 0 Å². The number of likely N-dealkylation sites (N-methyl/N-ethyl adjacent to an activating group) is 1. The van der Waals surface area contributed by atoms with Crippen LogP contribution in [0.25, 0.3) is 0 Å². The molecule has 0 unspecified atom stereocenters. The van der Waals surface area contributed by atoms with Gasteiger partial charge in [-0.05, 0) is 20.5 Å². The van der Waals surface area contributed by atoms with Crippen LogP contribution in [0.2, 0.25) is 0 Å². The van der Waals surface area contributed by atoms with Crippen molar-refractivity contribution in [2.24, 2.45) is 5.92 Å². The summed E-state index contributed by atoms with van der Waals surface area (Å²) in [6, 6.07) is 0. The lowest BCUT2D eigenvalue weighted by atomic mass is 10.2. The van der Waals surface area contributed by atoms with Crippen molar-refractivity contribution < 1.29 is 4.79 Å². The van der Waals surface area contributed by atoms with Crippen molar-refractivity contribution in [1.29, 1.82) is 0 Å². The van der Waals surface area contributed by atoms with Crippen molar-refractivity contribution in [2.45, 2.75) is 27.2 Å². The molecule has 0 bridgehead atoms. The smallest absolute Gasteiger partial charge is 0.225 e. The first-order valence-corrected chi connectivity index (χ1v) is 5.42. The third-order valence-corrected chi connectivity index (χ3v) is 2.12. The maximum Gasteiger partial charge on any atom is 0.225 e. The molecule has 0 aliphatic rings. The molecular formula is C11H24N2O. The van der Waals surface area contributed by atoms with Gasteiger partial charge in [0.05, 0.1) is 0 Å². The summed E-state index contributed by atoms with van der Waals surface area (Å²) in [5.41, 5.74) is 0. The Morgan fingerprint density at radius 1 is 1.14 bits per heavy atom. The second-order valence-electron chi connectivity index (χ2n) is 4.28. The predicted molar refractivity (Wildman–Crippen MR) is 60.3 cm³/mol. The number of carbonyl (C=O) groups excluding carboxylic acids is 1. The maximum atomic E-state index is 11.8. The van der Waals surface area contributed by atoms with E-state index in [1.165, 1.54) is 0 Å². The highest BCUT2D eigenvalue weighted by Crippen LogP contribution is 2.02. The lowest BCUT2D eigenvalue weighted by molar-refractivity contribution is -0.134. The van der Waals surface area contributed by atoms with Crippen LogP contribution in [0.1, 0.15) is 27.2 Å². The summed E-state index contributed by atoms with van der Waals surface area (Å²) < 4.78 is 0. The molecule has 1 amide bonds. The van der Waals surface area contributed by atoms with Crippen molar-refractivity contribution in [3.8, 4) is 0 Å². The normalized spacial score (nSPS) is 11.1. The summed E-state index contributed by atoms with van der Waals surface area (Å²) >= 11 is 0. The number of amides is 1. The van der Waals surface area contributed by atoms with Gasteiger partial charge < -0.3 is 9.80 Å². The zero-order valence-corrected chi connectivity index (χ0v) is 10.2. The summed E-state index contributed by atoms with van der Waals surface area (Å²) in [4.78, 5) is 15.8. The first kappa shape index (κ1) is 13.4. The fourth-order valence-corrected chi connectivity index (χ4v) is 1.29. The Balaban J connectivity index is 4.07. The monoisotopic (exact) mass is 200 g/mol. The quantitative estimate of drug-likeness (QED) is 0.648. The van der Waals surface area contributed by atoms with Crippen LogP contribution in [0.5, 0.6) is 0 Å².